The second-order valence-corrected chi connectivity index (χ2v) is 5.78. The lowest BCUT2D eigenvalue weighted by molar-refractivity contribution is 0.0949. The lowest BCUT2D eigenvalue weighted by Gasteiger charge is -2.12. The van der Waals surface area contributed by atoms with Crippen LogP contribution in [-0.2, 0) is 6.42 Å². The summed E-state index contributed by atoms with van der Waals surface area (Å²) >= 11 is 0. The predicted molar refractivity (Wildman–Crippen MR) is 104 cm³/mol. The number of nitrogens with one attached hydrogen (secondary N) is 1. The Kier molecular flexibility index (Phi) is 6.10. The zero-order valence-electron chi connectivity index (χ0n) is 16.7. The van der Waals surface area contributed by atoms with Gasteiger partial charge in [-0.15, -0.1) is 5.10 Å². The SMILES string of the molecule is CCc1c(C(=O)NN=Cc2cc(OC)c(OC)c(OC)c2)nnn1-c1nonc1N. The number of hydrogen-bond donors (Lipinski definition) is 2. The van der Waals surface area contributed by atoms with Gasteiger partial charge in [-0.05, 0) is 28.9 Å². The van der Waals surface area contributed by atoms with Crippen LogP contribution < -0.4 is 25.4 Å². The van der Waals surface area contributed by atoms with Gasteiger partial charge in [-0.2, -0.15) is 9.78 Å². The van der Waals surface area contributed by atoms with Crippen molar-refractivity contribution >= 4 is 17.9 Å². The van der Waals surface area contributed by atoms with Crippen LogP contribution in [0.15, 0.2) is 21.9 Å². The molecule has 0 aliphatic rings. The maximum atomic E-state index is 12.5. The van der Waals surface area contributed by atoms with Crippen molar-refractivity contribution in [1.82, 2.24) is 30.7 Å². The number of nitrogen functional groups attached to an aromatic ring is 1. The van der Waals surface area contributed by atoms with Crippen molar-refractivity contribution in [2.75, 3.05) is 27.1 Å². The van der Waals surface area contributed by atoms with Crippen LogP contribution in [0.3, 0.4) is 0 Å². The summed E-state index contributed by atoms with van der Waals surface area (Å²) in [4.78, 5) is 12.5. The van der Waals surface area contributed by atoms with E-state index in [1.165, 1.54) is 32.2 Å². The molecule has 13 nitrogen and oxygen atoms in total. The highest BCUT2D eigenvalue weighted by atomic mass is 16.6. The molecule has 158 valence electrons. The molecule has 3 aromatic rings. The van der Waals surface area contributed by atoms with Gasteiger partial charge >= 0.3 is 0 Å². The average molecular weight is 416 g/mol. The summed E-state index contributed by atoms with van der Waals surface area (Å²) in [5, 5.41) is 18.9. The first-order chi connectivity index (χ1) is 14.5. The van der Waals surface area contributed by atoms with E-state index in [1.54, 1.807) is 12.1 Å². The molecule has 0 aliphatic heterocycles. The van der Waals surface area contributed by atoms with Crippen LogP contribution >= 0.6 is 0 Å². The fraction of sp³-hybridized carbons (Fsp3) is 0.294. The summed E-state index contributed by atoms with van der Waals surface area (Å²) in [5.41, 5.74) is 9.25. The summed E-state index contributed by atoms with van der Waals surface area (Å²) in [6.07, 6.45) is 1.86. The topological polar surface area (TPSA) is 165 Å². The highest BCUT2D eigenvalue weighted by Crippen LogP contribution is 2.37. The molecule has 0 spiro atoms. The number of nitrogens with zero attached hydrogens (tertiary/aromatic N) is 6. The van der Waals surface area contributed by atoms with Gasteiger partial charge in [0, 0.05) is 5.56 Å². The minimum atomic E-state index is -0.559. The Labute approximate surface area is 170 Å². The third-order valence-electron chi connectivity index (χ3n) is 4.08. The molecular formula is C17H20N8O5. The van der Waals surface area contributed by atoms with Gasteiger partial charge in [0.1, 0.15) is 0 Å². The minimum Gasteiger partial charge on any atom is -0.493 e. The predicted octanol–water partition coefficient (Wildman–Crippen LogP) is 0.585. The minimum absolute atomic E-state index is 0.0296. The van der Waals surface area contributed by atoms with E-state index in [2.05, 4.69) is 35.8 Å². The molecule has 0 atom stereocenters. The maximum absolute atomic E-state index is 12.5. The first kappa shape index (κ1) is 20.6. The molecule has 0 saturated carbocycles. The number of aromatic nitrogens is 5. The number of carbonyl (C=O) groups excluding carboxylic acids is 1. The van der Waals surface area contributed by atoms with Crippen molar-refractivity contribution in [3.05, 3.63) is 29.1 Å². The van der Waals surface area contributed by atoms with Crippen LogP contribution in [0.4, 0.5) is 5.82 Å². The highest BCUT2D eigenvalue weighted by molar-refractivity contribution is 5.94. The Morgan fingerprint density at radius 1 is 1.23 bits per heavy atom. The number of benzene rings is 1. The normalized spacial score (nSPS) is 10.9. The lowest BCUT2D eigenvalue weighted by atomic mass is 10.2. The van der Waals surface area contributed by atoms with Gasteiger partial charge in [-0.3, -0.25) is 4.79 Å². The second kappa shape index (κ2) is 8.89. The van der Waals surface area contributed by atoms with E-state index in [0.29, 0.717) is 34.9 Å². The Balaban J connectivity index is 1.80. The molecule has 0 unspecified atom stereocenters. The van der Waals surface area contributed by atoms with E-state index >= 15 is 0 Å². The van der Waals surface area contributed by atoms with Crippen molar-refractivity contribution in [3.63, 3.8) is 0 Å². The van der Waals surface area contributed by atoms with E-state index in [4.69, 9.17) is 19.9 Å². The van der Waals surface area contributed by atoms with Crippen molar-refractivity contribution in [1.29, 1.82) is 0 Å². The number of amides is 1. The first-order valence-electron chi connectivity index (χ1n) is 8.70. The van der Waals surface area contributed by atoms with E-state index in [9.17, 15) is 4.79 Å². The van der Waals surface area contributed by atoms with Crippen LogP contribution in [0.1, 0.15) is 28.7 Å². The Morgan fingerprint density at radius 2 is 1.93 bits per heavy atom. The van der Waals surface area contributed by atoms with Crippen molar-refractivity contribution in [3.8, 4) is 23.1 Å². The zero-order chi connectivity index (χ0) is 21.7. The average Bonchev–Trinajstić information content (AvgIpc) is 3.38. The molecule has 30 heavy (non-hydrogen) atoms. The Hall–Kier alpha value is -4.16. The molecule has 1 amide bonds. The quantitative estimate of drug-likeness (QED) is 0.392. The highest BCUT2D eigenvalue weighted by Gasteiger charge is 2.22. The number of anilines is 1. The third kappa shape index (κ3) is 3.85. The van der Waals surface area contributed by atoms with Crippen LogP contribution in [0.25, 0.3) is 5.82 Å². The molecule has 2 heterocycles. The molecule has 3 N–H and O–H groups in total. The molecule has 1 aromatic carbocycles. The number of ether oxygens (including phenoxy) is 3. The van der Waals surface area contributed by atoms with Gasteiger partial charge in [0.2, 0.25) is 17.4 Å². The number of nitrogens with two attached hydrogens (primary N) is 1. The molecule has 0 bridgehead atoms. The number of rotatable bonds is 8. The fourth-order valence-corrected chi connectivity index (χ4v) is 2.70. The monoisotopic (exact) mass is 416 g/mol. The standard InChI is InChI=1S/C17H20N8O5/c1-5-10-13(20-24-25(10)16-15(18)22-30-23-16)17(26)21-19-8-9-6-11(27-2)14(29-4)12(7-9)28-3/h6-8H,5H2,1-4H3,(H2,18,22)(H,21,26). The smallest absolute Gasteiger partial charge is 0.293 e. The molecule has 13 heteroatoms. The number of hydrazone groups is 1. The van der Waals surface area contributed by atoms with E-state index in [0.717, 1.165) is 0 Å². The third-order valence-corrected chi connectivity index (χ3v) is 4.08. The molecule has 0 saturated heterocycles. The van der Waals surface area contributed by atoms with Gasteiger partial charge < -0.3 is 19.9 Å². The lowest BCUT2D eigenvalue weighted by Crippen LogP contribution is -2.20. The van der Waals surface area contributed by atoms with Gasteiger partial charge in [0.05, 0.1) is 33.2 Å². The van der Waals surface area contributed by atoms with Gasteiger partial charge in [-0.25, -0.2) is 10.1 Å². The zero-order valence-corrected chi connectivity index (χ0v) is 16.7. The van der Waals surface area contributed by atoms with E-state index < -0.39 is 5.91 Å². The Bertz CT molecular complexity index is 1050. The molecule has 0 radical (unpaired) electrons. The van der Waals surface area contributed by atoms with E-state index in [-0.39, 0.29) is 17.3 Å². The van der Waals surface area contributed by atoms with Crippen LogP contribution in [0.5, 0.6) is 17.2 Å². The maximum Gasteiger partial charge on any atom is 0.293 e. The van der Waals surface area contributed by atoms with E-state index in [1.807, 2.05) is 6.92 Å². The fourth-order valence-electron chi connectivity index (χ4n) is 2.70. The van der Waals surface area contributed by atoms with Gasteiger partial charge in [0.15, 0.2) is 17.2 Å². The van der Waals surface area contributed by atoms with Gasteiger partial charge in [-0.1, -0.05) is 12.1 Å². The van der Waals surface area contributed by atoms with Gasteiger partial charge in [0.25, 0.3) is 5.91 Å². The molecule has 2 aromatic heterocycles. The number of hydrogen-bond acceptors (Lipinski definition) is 11. The molecule has 0 fully saturated rings. The van der Waals surface area contributed by atoms with Crippen LogP contribution in [0.2, 0.25) is 0 Å². The first-order valence-corrected chi connectivity index (χ1v) is 8.70. The van der Waals surface area contributed by atoms with Crippen LogP contribution in [-0.4, -0.2) is 58.8 Å². The summed E-state index contributed by atoms with van der Waals surface area (Å²) in [5.74, 6) is 0.990. The summed E-state index contributed by atoms with van der Waals surface area (Å²) < 4.78 is 21.7. The number of methoxy groups -OCH3 is 3. The molecular weight excluding hydrogens is 396 g/mol. The Morgan fingerprint density at radius 3 is 2.47 bits per heavy atom. The second-order valence-electron chi connectivity index (χ2n) is 5.78. The van der Waals surface area contributed by atoms with Crippen LogP contribution in [0, 0.1) is 0 Å². The summed E-state index contributed by atoms with van der Waals surface area (Å²) in [7, 11) is 4.52. The van der Waals surface area contributed by atoms with Crippen molar-refractivity contribution in [2.45, 2.75) is 13.3 Å². The summed E-state index contributed by atoms with van der Waals surface area (Å²) in [6.45, 7) is 1.83. The molecule has 3 rings (SSSR count). The van der Waals surface area contributed by atoms with Crippen molar-refractivity contribution < 1.29 is 23.6 Å². The molecule has 0 aliphatic carbocycles. The van der Waals surface area contributed by atoms with Crippen molar-refractivity contribution in [2.24, 2.45) is 5.10 Å². The summed E-state index contributed by atoms with van der Waals surface area (Å²) in [6, 6.07) is 3.37. The largest absolute Gasteiger partial charge is 0.493 e. The number of carbonyl (C=O) groups is 1.